The van der Waals surface area contributed by atoms with E-state index in [9.17, 15) is 10.1 Å². The summed E-state index contributed by atoms with van der Waals surface area (Å²) in [4.78, 5) is 14.2. The minimum Gasteiger partial charge on any atom is -0.438 e. The van der Waals surface area contributed by atoms with Gasteiger partial charge < -0.3 is 4.74 Å². The topological polar surface area (TPSA) is 65.3 Å². The number of ether oxygens (including phenoxy) is 1. The molecule has 0 bridgehead atoms. The average molecular weight is 293 g/mol. The fraction of sp³-hybridized carbons (Fsp3) is 0.214. The number of rotatable bonds is 3. The minimum absolute atomic E-state index is 0.0251. The van der Waals surface area contributed by atoms with Gasteiger partial charge in [-0.05, 0) is 37.5 Å². The molecule has 0 atom stereocenters. The zero-order valence-electron chi connectivity index (χ0n) is 11.3. The third kappa shape index (κ3) is 2.88. The number of aromatic nitrogens is 1. The van der Waals surface area contributed by atoms with Crippen LogP contribution in [0.1, 0.15) is 16.7 Å². The largest absolute Gasteiger partial charge is 0.438 e. The van der Waals surface area contributed by atoms with Gasteiger partial charge in [-0.15, -0.1) is 0 Å². The Kier molecular flexibility index (Phi) is 3.90. The SMILES string of the molecule is Cc1ccc(C)c(Oc2cc([N+](=O)[O-])cc(Cl)n2)c1C. The highest BCUT2D eigenvalue weighted by atomic mass is 35.5. The standard InChI is InChI=1S/C14H13ClN2O3/c1-8-4-5-9(2)14(10(8)3)20-13-7-11(17(18)19)6-12(15)16-13/h4-7H,1-3H3. The second-order valence-electron chi connectivity index (χ2n) is 4.50. The van der Waals surface area contributed by atoms with Gasteiger partial charge in [0.25, 0.3) is 5.69 Å². The second-order valence-corrected chi connectivity index (χ2v) is 4.89. The van der Waals surface area contributed by atoms with Crippen molar-refractivity contribution in [3.05, 3.63) is 56.2 Å². The molecule has 0 aliphatic heterocycles. The van der Waals surface area contributed by atoms with Crippen LogP contribution < -0.4 is 4.74 Å². The number of hydrogen-bond acceptors (Lipinski definition) is 4. The van der Waals surface area contributed by atoms with Crippen LogP contribution in [0.2, 0.25) is 5.15 Å². The number of halogens is 1. The lowest BCUT2D eigenvalue weighted by atomic mass is 10.1. The summed E-state index contributed by atoms with van der Waals surface area (Å²) in [6.45, 7) is 5.80. The second kappa shape index (κ2) is 5.46. The molecule has 1 aromatic carbocycles. The molecule has 0 saturated carbocycles. The Bertz CT molecular complexity index is 686. The first-order chi connectivity index (χ1) is 9.38. The highest BCUT2D eigenvalue weighted by Gasteiger charge is 2.14. The average Bonchev–Trinajstić information content (AvgIpc) is 2.38. The van der Waals surface area contributed by atoms with E-state index < -0.39 is 4.92 Å². The molecule has 0 unspecified atom stereocenters. The maximum Gasteiger partial charge on any atom is 0.277 e. The molecule has 6 heteroatoms. The molecule has 0 radical (unpaired) electrons. The van der Waals surface area contributed by atoms with E-state index in [1.54, 1.807) is 0 Å². The van der Waals surface area contributed by atoms with Crippen LogP contribution in [-0.2, 0) is 0 Å². The Morgan fingerprint density at radius 1 is 1.20 bits per heavy atom. The van der Waals surface area contributed by atoms with Crippen molar-refractivity contribution in [2.45, 2.75) is 20.8 Å². The van der Waals surface area contributed by atoms with Crippen LogP contribution in [0.15, 0.2) is 24.3 Å². The van der Waals surface area contributed by atoms with Crippen molar-refractivity contribution >= 4 is 17.3 Å². The summed E-state index contributed by atoms with van der Waals surface area (Å²) in [6.07, 6.45) is 0. The normalized spacial score (nSPS) is 10.4. The highest BCUT2D eigenvalue weighted by molar-refractivity contribution is 6.29. The van der Waals surface area contributed by atoms with Crippen molar-refractivity contribution in [2.24, 2.45) is 0 Å². The van der Waals surface area contributed by atoms with Gasteiger partial charge in [-0.3, -0.25) is 10.1 Å². The Morgan fingerprint density at radius 2 is 1.85 bits per heavy atom. The molecule has 0 spiro atoms. The van der Waals surface area contributed by atoms with Gasteiger partial charge >= 0.3 is 0 Å². The van der Waals surface area contributed by atoms with E-state index in [1.807, 2.05) is 32.9 Å². The van der Waals surface area contributed by atoms with Crippen LogP contribution in [0.25, 0.3) is 0 Å². The number of pyridine rings is 1. The van der Waals surface area contributed by atoms with Crippen LogP contribution in [0.4, 0.5) is 5.69 Å². The van der Waals surface area contributed by atoms with Gasteiger partial charge in [-0.1, -0.05) is 23.7 Å². The third-order valence-corrected chi connectivity index (χ3v) is 3.24. The molecule has 1 heterocycles. The zero-order chi connectivity index (χ0) is 14.9. The molecule has 104 valence electrons. The van der Waals surface area contributed by atoms with E-state index in [0.29, 0.717) is 5.75 Å². The lowest BCUT2D eigenvalue weighted by molar-refractivity contribution is -0.385. The van der Waals surface area contributed by atoms with E-state index in [-0.39, 0.29) is 16.7 Å². The molecule has 0 aliphatic rings. The molecule has 0 fully saturated rings. The van der Waals surface area contributed by atoms with Gasteiger partial charge in [-0.25, -0.2) is 4.98 Å². The quantitative estimate of drug-likeness (QED) is 0.479. The number of hydrogen-bond donors (Lipinski definition) is 0. The molecule has 0 N–H and O–H groups in total. The van der Waals surface area contributed by atoms with Crippen LogP contribution in [0.3, 0.4) is 0 Å². The van der Waals surface area contributed by atoms with Crippen LogP contribution in [0, 0.1) is 30.9 Å². The van der Waals surface area contributed by atoms with E-state index in [2.05, 4.69) is 4.98 Å². The molecule has 2 rings (SSSR count). The Labute approximate surface area is 121 Å². The van der Waals surface area contributed by atoms with Crippen LogP contribution >= 0.6 is 11.6 Å². The summed E-state index contributed by atoms with van der Waals surface area (Å²) in [7, 11) is 0. The third-order valence-electron chi connectivity index (χ3n) is 3.05. The van der Waals surface area contributed by atoms with E-state index in [1.165, 1.54) is 12.1 Å². The minimum atomic E-state index is -0.531. The molecule has 0 aliphatic carbocycles. The van der Waals surface area contributed by atoms with Gasteiger partial charge in [0, 0.05) is 0 Å². The summed E-state index contributed by atoms with van der Waals surface area (Å²) in [5, 5.41) is 10.8. The summed E-state index contributed by atoms with van der Waals surface area (Å²) in [6, 6.07) is 6.36. The number of aryl methyl sites for hydroxylation is 2. The van der Waals surface area contributed by atoms with E-state index in [4.69, 9.17) is 16.3 Å². The van der Waals surface area contributed by atoms with Crippen molar-refractivity contribution in [3.63, 3.8) is 0 Å². The molecule has 0 amide bonds. The number of nitro groups is 1. The van der Waals surface area contributed by atoms with Crippen molar-refractivity contribution in [1.82, 2.24) is 4.98 Å². The number of nitrogens with zero attached hydrogens (tertiary/aromatic N) is 2. The van der Waals surface area contributed by atoms with Gasteiger partial charge in [-0.2, -0.15) is 0 Å². The first-order valence-electron chi connectivity index (χ1n) is 5.95. The van der Waals surface area contributed by atoms with Gasteiger partial charge in [0.1, 0.15) is 10.9 Å². The van der Waals surface area contributed by atoms with Gasteiger partial charge in [0.15, 0.2) is 0 Å². The molecular weight excluding hydrogens is 280 g/mol. The lowest BCUT2D eigenvalue weighted by Crippen LogP contribution is -1.97. The molecule has 20 heavy (non-hydrogen) atoms. The summed E-state index contributed by atoms with van der Waals surface area (Å²) < 4.78 is 5.69. The van der Waals surface area contributed by atoms with E-state index >= 15 is 0 Å². The first-order valence-corrected chi connectivity index (χ1v) is 6.33. The maximum absolute atomic E-state index is 10.8. The lowest BCUT2D eigenvalue weighted by Gasteiger charge is -2.12. The van der Waals surface area contributed by atoms with Crippen LogP contribution in [0.5, 0.6) is 11.6 Å². The first kappa shape index (κ1) is 14.3. The molecular formula is C14H13ClN2O3. The smallest absolute Gasteiger partial charge is 0.277 e. The summed E-state index contributed by atoms with van der Waals surface area (Å²) in [5.74, 6) is 0.759. The Morgan fingerprint density at radius 3 is 2.50 bits per heavy atom. The highest BCUT2D eigenvalue weighted by Crippen LogP contribution is 2.32. The van der Waals surface area contributed by atoms with Crippen molar-refractivity contribution < 1.29 is 9.66 Å². The Balaban J connectivity index is 2.45. The fourth-order valence-electron chi connectivity index (χ4n) is 1.80. The van der Waals surface area contributed by atoms with Gasteiger partial charge in [0.05, 0.1) is 17.1 Å². The molecule has 2 aromatic rings. The van der Waals surface area contributed by atoms with Gasteiger partial charge in [0.2, 0.25) is 5.88 Å². The van der Waals surface area contributed by atoms with Crippen molar-refractivity contribution in [1.29, 1.82) is 0 Å². The summed E-state index contributed by atoms with van der Waals surface area (Å²) >= 11 is 5.78. The van der Waals surface area contributed by atoms with Crippen molar-refractivity contribution in [2.75, 3.05) is 0 Å². The predicted octanol–water partition coefficient (Wildman–Crippen LogP) is 4.36. The number of benzene rings is 1. The van der Waals surface area contributed by atoms with Crippen LogP contribution in [-0.4, -0.2) is 9.91 Å². The van der Waals surface area contributed by atoms with Crippen molar-refractivity contribution in [3.8, 4) is 11.6 Å². The molecule has 0 saturated heterocycles. The monoisotopic (exact) mass is 292 g/mol. The summed E-state index contributed by atoms with van der Waals surface area (Å²) in [5.41, 5.74) is 2.82. The zero-order valence-corrected chi connectivity index (χ0v) is 12.1. The molecule has 5 nitrogen and oxygen atoms in total. The molecule has 1 aromatic heterocycles. The fourth-order valence-corrected chi connectivity index (χ4v) is 2.00. The predicted molar refractivity (Wildman–Crippen MR) is 76.6 cm³/mol. The maximum atomic E-state index is 10.8. The Hall–Kier alpha value is -2.14. The van der Waals surface area contributed by atoms with E-state index in [0.717, 1.165) is 16.7 Å².